The summed E-state index contributed by atoms with van der Waals surface area (Å²) < 4.78 is 0. The molecule has 2 aliphatic heterocycles. The van der Waals surface area contributed by atoms with E-state index in [2.05, 4.69) is 31.0 Å². The molecule has 0 spiro atoms. The zero-order valence-electron chi connectivity index (χ0n) is 10.1. The van der Waals surface area contributed by atoms with Crippen LogP contribution in [0.15, 0.2) is 0 Å². The summed E-state index contributed by atoms with van der Waals surface area (Å²) in [5.41, 5.74) is 0.479. The Labute approximate surface area is 98.4 Å². The topological polar surface area (TPSA) is 15.3 Å². The lowest BCUT2D eigenvalue weighted by molar-refractivity contribution is 0.0284. The van der Waals surface area contributed by atoms with Crippen molar-refractivity contribution >= 4 is 11.6 Å². The SMILES string of the molecule is CC(C)(C)N1CCC2CCNC(Cl)C2C1. The predicted molar refractivity (Wildman–Crippen MR) is 65.2 cm³/mol. The first-order valence-corrected chi connectivity index (χ1v) is 6.54. The molecule has 0 radical (unpaired) electrons. The van der Waals surface area contributed by atoms with Gasteiger partial charge in [0.15, 0.2) is 0 Å². The lowest BCUT2D eigenvalue weighted by Gasteiger charge is -2.48. The van der Waals surface area contributed by atoms with E-state index in [0.717, 1.165) is 19.0 Å². The molecule has 0 aromatic carbocycles. The maximum atomic E-state index is 6.37. The summed E-state index contributed by atoms with van der Waals surface area (Å²) in [6.07, 6.45) is 2.64. The van der Waals surface area contributed by atoms with Crippen molar-refractivity contribution in [3.63, 3.8) is 0 Å². The summed E-state index contributed by atoms with van der Waals surface area (Å²) in [4.78, 5) is 2.58. The number of nitrogens with one attached hydrogen (secondary N) is 1. The normalized spacial score (nSPS) is 38.8. The van der Waals surface area contributed by atoms with Gasteiger partial charge in [-0.3, -0.25) is 4.90 Å². The molecule has 2 saturated heterocycles. The molecule has 0 aromatic heterocycles. The van der Waals surface area contributed by atoms with E-state index < -0.39 is 0 Å². The fraction of sp³-hybridized carbons (Fsp3) is 1.00. The minimum atomic E-state index is 0.189. The van der Waals surface area contributed by atoms with Crippen molar-refractivity contribution in [3.8, 4) is 0 Å². The van der Waals surface area contributed by atoms with Gasteiger partial charge in [0.25, 0.3) is 0 Å². The highest BCUT2D eigenvalue weighted by Gasteiger charge is 2.38. The van der Waals surface area contributed by atoms with E-state index in [1.165, 1.54) is 19.4 Å². The molecule has 88 valence electrons. The van der Waals surface area contributed by atoms with Gasteiger partial charge < -0.3 is 5.32 Å². The van der Waals surface area contributed by atoms with E-state index in [4.69, 9.17) is 11.6 Å². The number of nitrogens with zero attached hydrogens (tertiary/aromatic N) is 1. The van der Waals surface area contributed by atoms with E-state index in [9.17, 15) is 0 Å². The highest BCUT2D eigenvalue weighted by atomic mass is 35.5. The highest BCUT2D eigenvalue weighted by Crippen LogP contribution is 2.35. The first kappa shape index (κ1) is 11.7. The van der Waals surface area contributed by atoms with Gasteiger partial charge in [0.2, 0.25) is 0 Å². The Morgan fingerprint density at radius 1 is 1.27 bits per heavy atom. The number of rotatable bonds is 0. The smallest absolute Gasteiger partial charge is 0.0868 e. The molecular formula is C12H23ClN2. The number of likely N-dealkylation sites (tertiary alicyclic amines) is 1. The van der Waals surface area contributed by atoms with Gasteiger partial charge in [-0.15, -0.1) is 11.6 Å². The predicted octanol–water partition coefficient (Wildman–Crippen LogP) is 2.28. The van der Waals surface area contributed by atoms with E-state index in [0.29, 0.717) is 11.5 Å². The second-order valence-electron chi connectivity index (χ2n) is 5.97. The third-order valence-corrected chi connectivity index (χ3v) is 4.46. The zero-order chi connectivity index (χ0) is 11.1. The maximum Gasteiger partial charge on any atom is 0.0868 e. The Morgan fingerprint density at radius 2 is 2.00 bits per heavy atom. The summed E-state index contributed by atoms with van der Waals surface area (Å²) in [5, 5.41) is 3.39. The van der Waals surface area contributed by atoms with E-state index in [1.54, 1.807) is 0 Å². The third-order valence-electron chi connectivity index (χ3n) is 3.99. The molecule has 15 heavy (non-hydrogen) atoms. The second-order valence-corrected chi connectivity index (χ2v) is 6.44. The average molecular weight is 231 g/mol. The Hall–Kier alpha value is 0.210. The van der Waals surface area contributed by atoms with E-state index in [1.807, 2.05) is 0 Å². The minimum Gasteiger partial charge on any atom is -0.301 e. The Kier molecular flexibility index (Phi) is 3.30. The van der Waals surface area contributed by atoms with Crippen LogP contribution in [0.4, 0.5) is 0 Å². The van der Waals surface area contributed by atoms with Gasteiger partial charge in [-0.05, 0) is 52.6 Å². The first-order chi connectivity index (χ1) is 6.98. The Bertz CT molecular complexity index is 224. The van der Waals surface area contributed by atoms with Gasteiger partial charge in [0.1, 0.15) is 0 Å². The third kappa shape index (κ3) is 2.48. The number of alkyl halides is 1. The standard InChI is InChI=1S/C12H23ClN2/c1-12(2,3)15-7-5-9-4-6-14-11(13)10(9)8-15/h9-11,14H,4-8H2,1-3H3. The largest absolute Gasteiger partial charge is 0.301 e. The molecule has 1 N–H and O–H groups in total. The maximum absolute atomic E-state index is 6.37. The quantitative estimate of drug-likeness (QED) is 0.508. The van der Waals surface area contributed by atoms with Crippen molar-refractivity contribution in [2.45, 2.75) is 44.7 Å². The van der Waals surface area contributed by atoms with E-state index >= 15 is 0 Å². The van der Waals surface area contributed by atoms with Crippen molar-refractivity contribution < 1.29 is 0 Å². The number of hydrogen-bond donors (Lipinski definition) is 1. The van der Waals surface area contributed by atoms with Gasteiger partial charge in [-0.1, -0.05) is 0 Å². The fourth-order valence-corrected chi connectivity index (χ4v) is 3.28. The van der Waals surface area contributed by atoms with Crippen LogP contribution < -0.4 is 5.32 Å². The second kappa shape index (κ2) is 4.23. The number of hydrogen-bond acceptors (Lipinski definition) is 2. The minimum absolute atomic E-state index is 0.189. The molecule has 2 aliphatic rings. The van der Waals surface area contributed by atoms with Crippen LogP contribution in [0, 0.1) is 11.8 Å². The fourth-order valence-electron chi connectivity index (χ4n) is 2.89. The molecule has 0 bridgehead atoms. The van der Waals surface area contributed by atoms with Gasteiger partial charge in [0, 0.05) is 18.0 Å². The van der Waals surface area contributed by atoms with Crippen LogP contribution in [0.5, 0.6) is 0 Å². The zero-order valence-corrected chi connectivity index (χ0v) is 10.8. The summed E-state index contributed by atoms with van der Waals surface area (Å²) in [6, 6.07) is 0. The molecule has 2 fully saturated rings. The van der Waals surface area contributed by atoms with Crippen molar-refractivity contribution in [2.24, 2.45) is 11.8 Å². The van der Waals surface area contributed by atoms with Crippen LogP contribution in [0.3, 0.4) is 0 Å². The van der Waals surface area contributed by atoms with Crippen molar-refractivity contribution in [3.05, 3.63) is 0 Å². The summed E-state index contributed by atoms with van der Waals surface area (Å²) >= 11 is 6.37. The van der Waals surface area contributed by atoms with Crippen LogP contribution in [0.2, 0.25) is 0 Å². The molecule has 0 aromatic rings. The van der Waals surface area contributed by atoms with Crippen LogP contribution in [-0.2, 0) is 0 Å². The van der Waals surface area contributed by atoms with Crippen molar-refractivity contribution in [1.29, 1.82) is 0 Å². The monoisotopic (exact) mass is 230 g/mol. The van der Waals surface area contributed by atoms with Gasteiger partial charge in [-0.2, -0.15) is 0 Å². The molecule has 0 aliphatic carbocycles. The lowest BCUT2D eigenvalue weighted by atomic mass is 9.79. The molecule has 3 heteroatoms. The molecule has 0 saturated carbocycles. The molecule has 3 unspecified atom stereocenters. The summed E-state index contributed by atoms with van der Waals surface area (Å²) in [6.45, 7) is 10.4. The lowest BCUT2D eigenvalue weighted by Crippen LogP contribution is -2.56. The van der Waals surface area contributed by atoms with Crippen LogP contribution >= 0.6 is 11.6 Å². The van der Waals surface area contributed by atoms with Crippen molar-refractivity contribution in [2.75, 3.05) is 19.6 Å². The van der Waals surface area contributed by atoms with Crippen LogP contribution in [-0.4, -0.2) is 35.6 Å². The number of halogens is 1. The van der Waals surface area contributed by atoms with Gasteiger partial charge in [0.05, 0.1) is 5.50 Å². The molecule has 0 amide bonds. The Morgan fingerprint density at radius 3 is 2.67 bits per heavy atom. The van der Waals surface area contributed by atoms with Gasteiger partial charge >= 0.3 is 0 Å². The van der Waals surface area contributed by atoms with E-state index in [-0.39, 0.29) is 5.50 Å². The Balaban J connectivity index is 2.02. The molecule has 3 atom stereocenters. The highest BCUT2D eigenvalue weighted by molar-refractivity contribution is 6.20. The van der Waals surface area contributed by atoms with Gasteiger partial charge in [-0.25, -0.2) is 0 Å². The molecule has 2 heterocycles. The molecular weight excluding hydrogens is 208 g/mol. The summed E-state index contributed by atoms with van der Waals surface area (Å²) in [7, 11) is 0. The number of piperidine rings is 2. The average Bonchev–Trinajstić information content (AvgIpc) is 2.16. The summed E-state index contributed by atoms with van der Waals surface area (Å²) in [5.74, 6) is 1.50. The number of fused-ring (bicyclic) bond motifs is 1. The van der Waals surface area contributed by atoms with Crippen LogP contribution in [0.1, 0.15) is 33.6 Å². The van der Waals surface area contributed by atoms with Crippen molar-refractivity contribution in [1.82, 2.24) is 10.2 Å². The first-order valence-electron chi connectivity index (χ1n) is 6.11. The molecule has 2 rings (SSSR count). The molecule has 2 nitrogen and oxygen atoms in total. The van der Waals surface area contributed by atoms with Crippen LogP contribution in [0.25, 0.3) is 0 Å².